The number of benzene rings is 1. The number of ether oxygens (including phenoxy) is 1. The Kier molecular flexibility index (Phi) is 5.05. The number of imidazole rings is 1. The van der Waals surface area contributed by atoms with Crippen LogP contribution in [0.2, 0.25) is 0 Å². The van der Waals surface area contributed by atoms with Gasteiger partial charge in [-0.3, -0.25) is 4.79 Å². The molecule has 1 fully saturated rings. The Hall–Kier alpha value is -2.18. The quantitative estimate of drug-likeness (QED) is 0.876. The molecular weight excluding hydrogens is 292 g/mol. The molecule has 0 radical (unpaired) electrons. The van der Waals surface area contributed by atoms with E-state index in [1.54, 1.807) is 12.5 Å². The van der Waals surface area contributed by atoms with Gasteiger partial charge in [-0.25, -0.2) is 4.98 Å². The highest BCUT2D eigenvalue weighted by molar-refractivity contribution is 5.77. The molecule has 3 rings (SSSR count). The van der Waals surface area contributed by atoms with E-state index in [0.717, 1.165) is 24.4 Å². The van der Waals surface area contributed by atoms with Crippen LogP contribution in [-0.2, 0) is 9.53 Å². The van der Waals surface area contributed by atoms with Gasteiger partial charge in [-0.05, 0) is 24.6 Å². The Labute approximate surface area is 135 Å². The molecular formula is C17H22N4O2. The second kappa shape index (κ2) is 7.39. The van der Waals surface area contributed by atoms with E-state index in [2.05, 4.69) is 21.7 Å². The summed E-state index contributed by atoms with van der Waals surface area (Å²) in [6, 6.07) is 8.15. The Balaban J connectivity index is 1.60. The molecule has 2 atom stereocenters. The summed E-state index contributed by atoms with van der Waals surface area (Å²) in [6.45, 7) is 4.11. The van der Waals surface area contributed by atoms with Crippen LogP contribution in [0.3, 0.4) is 0 Å². The van der Waals surface area contributed by atoms with Crippen molar-refractivity contribution in [3.05, 3.63) is 48.5 Å². The Morgan fingerprint density at radius 2 is 2.48 bits per heavy atom. The molecule has 1 aromatic heterocycles. The average molecular weight is 314 g/mol. The number of rotatable bonds is 5. The second-order valence-electron chi connectivity index (χ2n) is 5.78. The highest BCUT2D eigenvalue weighted by Crippen LogP contribution is 2.17. The maximum Gasteiger partial charge on any atom is 0.222 e. The minimum absolute atomic E-state index is 0.0357. The minimum Gasteiger partial charge on any atom is -0.378 e. The van der Waals surface area contributed by atoms with E-state index in [9.17, 15) is 4.79 Å². The van der Waals surface area contributed by atoms with E-state index in [1.165, 1.54) is 0 Å². The predicted octanol–water partition coefficient (Wildman–Crippen LogP) is 1.43. The van der Waals surface area contributed by atoms with Crippen molar-refractivity contribution in [3.63, 3.8) is 0 Å². The van der Waals surface area contributed by atoms with Crippen LogP contribution in [0, 0.1) is 0 Å². The van der Waals surface area contributed by atoms with Crippen LogP contribution in [0.15, 0.2) is 43.0 Å². The number of nitrogens with zero attached hydrogens (tertiary/aromatic N) is 2. The molecule has 0 aliphatic carbocycles. The zero-order chi connectivity index (χ0) is 16.1. The van der Waals surface area contributed by atoms with E-state index >= 15 is 0 Å². The summed E-state index contributed by atoms with van der Waals surface area (Å²) in [5.41, 5.74) is 2.10. The first-order valence-corrected chi connectivity index (χ1v) is 7.91. The van der Waals surface area contributed by atoms with Crippen molar-refractivity contribution in [2.45, 2.75) is 25.4 Å². The average Bonchev–Trinajstić information content (AvgIpc) is 3.10. The van der Waals surface area contributed by atoms with Gasteiger partial charge in [0.25, 0.3) is 0 Å². The number of amides is 1. The molecule has 2 heterocycles. The van der Waals surface area contributed by atoms with Crippen molar-refractivity contribution in [3.8, 4) is 5.69 Å². The highest BCUT2D eigenvalue weighted by atomic mass is 16.5. The lowest BCUT2D eigenvalue weighted by molar-refractivity contribution is -0.122. The van der Waals surface area contributed by atoms with Crippen LogP contribution in [0.5, 0.6) is 0 Å². The van der Waals surface area contributed by atoms with Crippen molar-refractivity contribution in [2.24, 2.45) is 0 Å². The molecule has 0 bridgehead atoms. The molecule has 2 N–H and O–H groups in total. The van der Waals surface area contributed by atoms with Gasteiger partial charge in [0.2, 0.25) is 5.91 Å². The van der Waals surface area contributed by atoms with Crippen LogP contribution in [0.25, 0.3) is 5.69 Å². The third-order valence-electron chi connectivity index (χ3n) is 3.98. The molecule has 6 heteroatoms. The molecule has 0 spiro atoms. The molecule has 1 aromatic carbocycles. The number of morpholine rings is 1. The fourth-order valence-corrected chi connectivity index (χ4v) is 2.72. The maximum atomic E-state index is 12.2. The summed E-state index contributed by atoms with van der Waals surface area (Å²) in [6.07, 6.45) is 5.84. The second-order valence-corrected chi connectivity index (χ2v) is 5.78. The third kappa shape index (κ3) is 4.18. The normalized spacial score (nSPS) is 19.3. The summed E-state index contributed by atoms with van der Waals surface area (Å²) >= 11 is 0. The van der Waals surface area contributed by atoms with E-state index in [0.29, 0.717) is 13.0 Å². The molecule has 1 aliphatic heterocycles. The molecule has 2 unspecified atom stereocenters. The molecule has 6 nitrogen and oxygen atoms in total. The molecule has 0 saturated carbocycles. The maximum absolute atomic E-state index is 12.2. The topological polar surface area (TPSA) is 68.2 Å². The fraction of sp³-hybridized carbons (Fsp3) is 0.412. The smallest absolute Gasteiger partial charge is 0.222 e. The lowest BCUT2D eigenvalue weighted by atomic mass is 10.1. The molecule has 1 saturated heterocycles. The summed E-state index contributed by atoms with van der Waals surface area (Å²) in [7, 11) is 0. The predicted molar refractivity (Wildman–Crippen MR) is 87.3 cm³/mol. The SMILES string of the molecule is CC(NC(=O)CC1COCCN1)c1cccc(-n2ccnc2)c1. The van der Waals surface area contributed by atoms with Gasteiger partial charge >= 0.3 is 0 Å². The van der Waals surface area contributed by atoms with Crippen molar-refractivity contribution in [1.29, 1.82) is 0 Å². The van der Waals surface area contributed by atoms with Gasteiger partial charge in [0, 0.05) is 37.1 Å². The van der Waals surface area contributed by atoms with Gasteiger partial charge in [0.05, 0.1) is 25.6 Å². The number of nitrogens with one attached hydrogen (secondary N) is 2. The zero-order valence-electron chi connectivity index (χ0n) is 13.2. The van der Waals surface area contributed by atoms with E-state index in [-0.39, 0.29) is 18.0 Å². The van der Waals surface area contributed by atoms with Crippen LogP contribution in [-0.4, -0.2) is 41.3 Å². The van der Waals surface area contributed by atoms with E-state index < -0.39 is 0 Å². The van der Waals surface area contributed by atoms with Crippen LogP contribution < -0.4 is 10.6 Å². The summed E-state index contributed by atoms with van der Waals surface area (Å²) in [5, 5.41) is 6.35. The number of hydrogen-bond acceptors (Lipinski definition) is 4. The number of aromatic nitrogens is 2. The lowest BCUT2D eigenvalue weighted by Gasteiger charge is -2.24. The first kappa shape index (κ1) is 15.7. The Bertz CT molecular complexity index is 636. The molecule has 23 heavy (non-hydrogen) atoms. The van der Waals surface area contributed by atoms with Crippen molar-refractivity contribution in [1.82, 2.24) is 20.2 Å². The molecule has 2 aromatic rings. The number of hydrogen-bond donors (Lipinski definition) is 2. The molecule has 122 valence electrons. The zero-order valence-corrected chi connectivity index (χ0v) is 13.2. The summed E-state index contributed by atoms with van der Waals surface area (Å²) in [5.74, 6) is 0.0357. The summed E-state index contributed by atoms with van der Waals surface area (Å²) in [4.78, 5) is 16.2. The largest absolute Gasteiger partial charge is 0.378 e. The highest BCUT2D eigenvalue weighted by Gasteiger charge is 2.18. The van der Waals surface area contributed by atoms with Gasteiger partial charge in [0.15, 0.2) is 0 Å². The van der Waals surface area contributed by atoms with Gasteiger partial charge < -0.3 is 19.9 Å². The van der Waals surface area contributed by atoms with E-state index in [4.69, 9.17) is 4.74 Å². The molecule has 1 aliphatic rings. The third-order valence-corrected chi connectivity index (χ3v) is 3.98. The van der Waals surface area contributed by atoms with Crippen LogP contribution in [0.4, 0.5) is 0 Å². The van der Waals surface area contributed by atoms with E-state index in [1.807, 2.05) is 35.9 Å². The van der Waals surface area contributed by atoms with Crippen LogP contribution >= 0.6 is 0 Å². The van der Waals surface area contributed by atoms with Crippen molar-refractivity contribution >= 4 is 5.91 Å². The minimum atomic E-state index is -0.0459. The lowest BCUT2D eigenvalue weighted by Crippen LogP contribution is -2.44. The van der Waals surface area contributed by atoms with Gasteiger partial charge in [0.1, 0.15) is 0 Å². The monoisotopic (exact) mass is 314 g/mol. The summed E-state index contributed by atoms with van der Waals surface area (Å²) < 4.78 is 7.32. The fourth-order valence-electron chi connectivity index (χ4n) is 2.72. The molecule has 1 amide bonds. The van der Waals surface area contributed by atoms with Gasteiger partial charge in [-0.2, -0.15) is 0 Å². The first-order chi connectivity index (χ1) is 11.2. The van der Waals surface area contributed by atoms with Gasteiger partial charge in [-0.1, -0.05) is 12.1 Å². The van der Waals surface area contributed by atoms with Gasteiger partial charge in [-0.15, -0.1) is 0 Å². The Morgan fingerprint density at radius 1 is 1.57 bits per heavy atom. The standard InChI is InChI=1S/C17H22N4O2/c1-13(20-17(22)10-15-11-23-8-6-19-15)14-3-2-4-16(9-14)21-7-5-18-12-21/h2-5,7,9,12-13,15,19H,6,8,10-11H2,1H3,(H,20,22). The van der Waals surface area contributed by atoms with Crippen LogP contribution in [0.1, 0.15) is 24.9 Å². The Morgan fingerprint density at radius 3 is 3.22 bits per heavy atom. The van der Waals surface area contributed by atoms with Crippen molar-refractivity contribution in [2.75, 3.05) is 19.8 Å². The number of carbonyl (C=O) groups is 1. The van der Waals surface area contributed by atoms with Crippen molar-refractivity contribution < 1.29 is 9.53 Å². The number of carbonyl (C=O) groups excluding carboxylic acids is 1. The first-order valence-electron chi connectivity index (χ1n) is 7.91.